The summed E-state index contributed by atoms with van der Waals surface area (Å²) in [5, 5.41) is 0. The number of nitrogens with zero attached hydrogens (tertiary/aromatic N) is 1. The van der Waals surface area contributed by atoms with Crippen LogP contribution in [0, 0.1) is 23.2 Å². The van der Waals surface area contributed by atoms with Gasteiger partial charge in [0.25, 0.3) is 0 Å². The average Bonchev–Trinajstić information content (AvgIpc) is 2.53. The summed E-state index contributed by atoms with van der Waals surface area (Å²) >= 11 is 0. The van der Waals surface area contributed by atoms with Gasteiger partial charge in [0, 0.05) is 18.2 Å². The molecule has 0 saturated heterocycles. The molecule has 23 heavy (non-hydrogen) atoms. The van der Waals surface area contributed by atoms with Gasteiger partial charge in [-0.15, -0.1) is 0 Å². The van der Waals surface area contributed by atoms with Gasteiger partial charge in [0.1, 0.15) is 5.75 Å². The zero-order valence-electron chi connectivity index (χ0n) is 14.3. The van der Waals surface area contributed by atoms with Gasteiger partial charge in [0.2, 0.25) is 0 Å². The summed E-state index contributed by atoms with van der Waals surface area (Å²) in [5.41, 5.74) is 1.10. The van der Waals surface area contributed by atoms with Gasteiger partial charge in [-0.2, -0.15) is 0 Å². The topological polar surface area (TPSA) is 29.5 Å². The maximum Gasteiger partial charge on any atom is 0.158 e. The van der Waals surface area contributed by atoms with Crippen LogP contribution in [0.1, 0.15) is 38.5 Å². The molecule has 1 aromatic rings. The lowest BCUT2D eigenvalue weighted by atomic mass is 9.48. The number of hydrogen-bond acceptors (Lipinski definition) is 3. The van der Waals surface area contributed by atoms with Crippen LogP contribution in [0.4, 0.5) is 5.69 Å². The van der Waals surface area contributed by atoms with Gasteiger partial charge in [-0.1, -0.05) is 0 Å². The van der Waals surface area contributed by atoms with Crippen molar-refractivity contribution in [1.82, 2.24) is 0 Å². The number of likely N-dealkylation sites (N-methyl/N-ethyl adjacent to an activating group) is 1. The Hall–Kier alpha value is -1.51. The van der Waals surface area contributed by atoms with Crippen LogP contribution in [-0.4, -0.2) is 26.5 Å². The van der Waals surface area contributed by atoms with Gasteiger partial charge < -0.3 is 9.64 Å². The quantitative estimate of drug-likeness (QED) is 0.825. The van der Waals surface area contributed by atoms with Gasteiger partial charge in [-0.05, 0) is 80.5 Å². The van der Waals surface area contributed by atoms with Crippen molar-refractivity contribution >= 4 is 11.5 Å². The van der Waals surface area contributed by atoms with Crippen molar-refractivity contribution < 1.29 is 9.53 Å². The molecule has 124 valence electrons. The molecule has 3 heteroatoms. The summed E-state index contributed by atoms with van der Waals surface area (Å²) in [7, 11) is 3.70. The lowest BCUT2D eigenvalue weighted by Gasteiger charge is -2.56. The van der Waals surface area contributed by atoms with Crippen molar-refractivity contribution in [1.29, 1.82) is 0 Å². The molecule has 5 rings (SSSR count). The van der Waals surface area contributed by atoms with Crippen LogP contribution >= 0.6 is 0 Å². The van der Waals surface area contributed by atoms with E-state index in [1.54, 1.807) is 7.11 Å². The molecular formula is C20H27NO2. The van der Waals surface area contributed by atoms with E-state index in [2.05, 4.69) is 4.90 Å². The number of anilines is 1. The molecule has 4 fully saturated rings. The average molecular weight is 313 g/mol. The van der Waals surface area contributed by atoms with Crippen LogP contribution in [0.2, 0.25) is 0 Å². The molecule has 0 unspecified atom stereocenters. The maximum absolute atomic E-state index is 13.1. The van der Waals surface area contributed by atoms with E-state index in [0.29, 0.717) is 12.3 Å². The molecule has 0 atom stereocenters. The predicted molar refractivity (Wildman–Crippen MR) is 91.9 cm³/mol. The van der Waals surface area contributed by atoms with Crippen LogP contribution in [0.5, 0.6) is 5.75 Å². The Morgan fingerprint density at radius 2 is 1.61 bits per heavy atom. The first-order chi connectivity index (χ1) is 11.1. The zero-order chi connectivity index (χ0) is 16.0. The summed E-state index contributed by atoms with van der Waals surface area (Å²) in [6, 6.07) is 7.99. The van der Waals surface area contributed by atoms with Crippen LogP contribution < -0.4 is 9.64 Å². The monoisotopic (exact) mass is 313 g/mol. The Morgan fingerprint density at radius 3 is 2.09 bits per heavy atom. The van der Waals surface area contributed by atoms with Gasteiger partial charge in [0.05, 0.1) is 13.7 Å². The van der Waals surface area contributed by atoms with Crippen molar-refractivity contribution in [3.63, 3.8) is 0 Å². The maximum atomic E-state index is 13.1. The standard InChI is InChI=1S/C20H27NO2/c1-21(17-3-5-18(23-2)6-4-17)13-19(22)20-10-14-7-15(11-20)9-16(8-14)12-20/h3-6,14-16H,7-13H2,1-2H3. The smallest absolute Gasteiger partial charge is 0.158 e. The number of rotatable bonds is 5. The van der Waals surface area contributed by atoms with E-state index < -0.39 is 0 Å². The fourth-order valence-electron chi connectivity index (χ4n) is 5.76. The summed E-state index contributed by atoms with van der Waals surface area (Å²) in [6.07, 6.45) is 7.65. The molecule has 4 aliphatic carbocycles. The predicted octanol–water partition coefficient (Wildman–Crippen LogP) is 3.92. The number of Topliss-reactive ketones (excluding diaryl/α,β-unsaturated/α-hetero) is 1. The van der Waals surface area contributed by atoms with E-state index in [-0.39, 0.29) is 5.41 Å². The highest BCUT2D eigenvalue weighted by Gasteiger charge is 2.54. The van der Waals surface area contributed by atoms with E-state index in [9.17, 15) is 4.79 Å². The normalized spacial score (nSPS) is 34.4. The first-order valence-electron chi connectivity index (χ1n) is 8.96. The highest BCUT2D eigenvalue weighted by atomic mass is 16.5. The third-order valence-electron chi connectivity index (χ3n) is 6.52. The number of ketones is 1. The van der Waals surface area contributed by atoms with Crippen molar-refractivity contribution in [2.75, 3.05) is 25.6 Å². The van der Waals surface area contributed by atoms with Crippen molar-refractivity contribution in [3.8, 4) is 5.75 Å². The lowest BCUT2D eigenvalue weighted by Crippen LogP contribution is -2.52. The molecule has 0 aliphatic heterocycles. The largest absolute Gasteiger partial charge is 0.497 e. The molecule has 3 nitrogen and oxygen atoms in total. The highest BCUT2D eigenvalue weighted by molar-refractivity contribution is 5.89. The molecule has 1 aromatic carbocycles. The van der Waals surface area contributed by atoms with E-state index in [1.807, 2.05) is 31.3 Å². The fraction of sp³-hybridized carbons (Fsp3) is 0.650. The summed E-state index contributed by atoms with van der Waals surface area (Å²) < 4.78 is 5.21. The van der Waals surface area contributed by atoms with Crippen LogP contribution in [0.3, 0.4) is 0 Å². The second-order valence-electron chi connectivity index (χ2n) is 8.18. The second kappa shape index (κ2) is 5.54. The van der Waals surface area contributed by atoms with Crippen LogP contribution in [-0.2, 0) is 4.79 Å². The van der Waals surface area contributed by atoms with Crippen molar-refractivity contribution in [2.24, 2.45) is 23.2 Å². The van der Waals surface area contributed by atoms with Crippen molar-refractivity contribution in [3.05, 3.63) is 24.3 Å². The first kappa shape index (κ1) is 15.0. The molecule has 4 saturated carbocycles. The third kappa shape index (κ3) is 2.64. The van der Waals surface area contributed by atoms with Gasteiger partial charge in [0.15, 0.2) is 5.78 Å². The van der Waals surface area contributed by atoms with Crippen LogP contribution in [0.15, 0.2) is 24.3 Å². The molecule has 4 bridgehead atoms. The first-order valence-corrected chi connectivity index (χ1v) is 8.96. The fourth-order valence-corrected chi connectivity index (χ4v) is 5.76. The minimum absolute atomic E-state index is 0.00941. The number of carbonyl (C=O) groups excluding carboxylic acids is 1. The molecule has 0 radical (unpaired) electrons. The third-order valence-corrected chi connectivity index (χ3v) is 6.52. The van der Waals surface area contributed by atoms with Crippen molar-refractivity contribution in [2.45, 2.75) is 38.5 Å². The second-order valence-corrected chi connectivity index (χ2v) is 8.18. The van der Waals surface area contributed by atoms with E-state index in [1.165, 1.54) is 19.3 Å². The Labute approximate surface area is 139 Å². The lowest BCUT2D eigenvalue weighted by molar-refractivity contribution is -0.142. The zero-order valence-corrected chi connectivity index (χ0v) is 14.3. The van der Waals surface area contributed by atoms with Gasteiger partial charge in [-0.3, -0.25) is 4.79 Å². The minimum atomic E-state index is 0.00941. The number of ether oxygens (including phenoxy) is 1. The van der Waals surface area contributed by atoms with Crippen LogP contribution in [0.25, 0.3) is 0 Å². The Kier molecular flexibility index (Phi) is 3.62. The van der Waals surface area contributed by atoms with E-state index in [0.717, 1.165) is 48.5 Å². The molecular weight excluding hydrogens is 286 g/mol. The summed E-state index contributed by atoms with van der Waals surface area (Å²) in [6.45, 7) is 0.540. The molecule has 0 N–H and O–H groups in total. The van der Waals surface area contributed by atoms with E-state index in [4.69, 9.17) is 4.74 Å². The Balaban J connectivity index is 1.46. The molecule has 0 heterocycles. The van der Waals surface area contributed by atoms with E-state index >= 15 is 0 Å². The molecule has 0 amide bonds. The number of methoxy groups -OCH3 is 1. The molecule has 0 spiro atoms. The summed E-state index contributed by atoms with van der Waals surface area (Å²) in [4.78, 5) is 15.2. The van der Waals surface area contributed by atoms with Gasteiger partial charge in [-0.25, -0.2) is 0 Å². The SMILES string of the molecule is COc1ccc(N(C)CC(=O)C23CC4CC(CC(C4)C2)C3)cc1. The number of benzene rings is 1. The molecule has 0 aromatic heterocycles. The summed E-state index contributed by atoms with van der Waals surface area (Å²) in [5.74, 6) is 3.83. The minimum Gasteiger partial charge on any atom is -0.497 e. The van der Waals surface area contributed by atoms with Gasteiger partial charge >= 0.3 is 0 Å². The molecule has 4 aliphatic rings. The Bertz CT molecular complexity index is 557. The Morgan fingerprint density at radius 1 is 1.09 bits per heavy atom. The highest BCUT2D eigenvalue weighted by Crippen LogP contribution is 2.60. The number of hydrogen-bond donors (Lipinski definition) is 0. The number of carbonyl (C=O) groups is 1.